The molecular formula is C17H22Cl2N4O. The number of nitrogens with zero attached hydrogens (tertiary/aromatic N) is 2. The van der Waals surface area contributed by atoms with Crippen molar-refractivity contribution >= 4 is 29.1 Å². The van der Waals surface area contributed by atoms with E-state index in [0.717, 1.165) is 12.1 Å². The quantitative estimate of drug-likeness (QED) is 0.752. The SMILES string of the molecule is CC(C)C(NCCn1ccnc1)C(=O)NCc1cccc(Cl)c1Cl. The first kappa shape index (κ1) is 18.8. The summed E-state index contributed by atoms with van der Waals surface area (Å²) >= 11 is 12.1. The first-order valence-electron chi connectivity index (χ1n) is 7.88. The van der Waals surface area contributed by atoms with Gasteiger partial charge in [0.05, 0.1) is 22.4 Å². The van der Waals surface area contributed by atoms with Gasteiger partial charge in [0.1, 0.15) is 0 Å². The summed E-state index contributed by atoms with van der Waals surface area (Å²) in [4.78, 5) is 16.5. The molecule has 1 aromatic heterocycles. The van der Waals surface area contributed by atoms with Crippen LogP contribution in [0.5, 0.6) is 0 Å². The van der Waals surface area contributed by atoms with Crippen molar-refractivity contribution < 1.29 is 4.79 Å². The number of hydrogen-bond acceptors (Lipinski definition) is 3. The van der Waals surface area contributed by atoms with Gasteiger partial charge < -0.3 is 15.2 Å². The normalized spacial score (nSPS) is 12.4. The summed E-state index contributed by atoms with van der Waals surface area (Å²) in [7, 11) is 0. The lowest BCUT2D eigenvalue weighted by Crippen LogP contribution is -2.48. The van der Waals surface area contributed by atoms with Crippen molar-refractivity contribution in [1.82, 2.24) is 20.2 Å². The van der Waals surface area contributed by atoms with E-state index in [4.69, 9.17) is 23.2 Å². The van der Waals surface area contributed by atoms with Crippen LogP contribution in [-0.2, 0) is 17.9 Å². The van der Waals surface area contributed by atoms with Crippen molar-refractivity contribution in [3.8, 4) is 0 Å². The minimum atomic E-state index is -0.272. The first-order valence-corrected chi connectivity index (χ1v) is 8.64. The van der Waals surface area contributed by atoms with Crippen LogP contribution in [0.4, 0.5) is 0 Å². The maximum Gasteiger partial charge on any atom is 0.237 e. The molecule has 1 atom stereocenters. The monoisotopic (exact) mass is 368 g/mol. The number of carbonyl (C=O) groups is 1. The summed E-state index contributed by atoms with van der Waals surface area (Å²) in [6.07, 6.45) is 5.39. The maximum atomic E-state index is 12.5. The summed E-state index contributed by atoms with van der Waals surface area (Å²) in [5.74, 6) is 0.120. The topological polar surface area (TPSA) is 59.0 Å². The number of carbonyl (C=O) groups excluding carboxylic acids is 1. The molecule has 0 fully saturated rings. The molecule has 0 radical (unpaired) electrons. The average Bonchev–Trinajstić information content (AvgIpc) is 3.05. The summed E-state index contributed by atoms with van der Waals surface area (Å²) in [6.45, 7) is 5.83. The van der Waals surface area contributed by atoms with E-state index in [9.17, 15) is 4.79 Å². The van der Waals surface area contributed by atoms with Crippen molar-refractivity contribution in [3.63, 3.8) is 0 Å². The standard InChI is InChI=1S/C17H22Cl2N4O/c1-12(2)16(21-7-9-23-8-6-20-11-23)17(24)22-10-13-4-3-5-14(18)15(13)19/h3-6,8,11-12,16,21H,7,9-10H2,1-2H3,(H,22,24). The van der Waals surface area contributed by atoms with Crippen LogP contribution >= 0.6 is 23.2 Å². The summed E-state index contributed by atoms with van der Waals surface area (Å²) in [6, 6.07) is 5.13. The van der Waals surface area contributed by atoms with Crippen LogP contribution in [0.2, 0.25) is 10.0 Å². The second-order valence-corrected chi connectivity index (χ2v) is 6.69. The van der Waals surface area contributed by atoms with Gasteiger partial charge in [-0.3, -0.25) is 4.79 Å². The van der Waals surface area contributed by atoms with Crippen molar-refractivity contribution in [2.75, 3.05) is 6.54 Å². The molecule has 5 nitrogen and oxygen atoms in total. The summed E-state index contributed by atoms with van der Waals surface area (Å²) in [5, 5.41) is 7.20. The number of hydrogen-bond donors (Lipinski definition) is 2. The van der Waals surface area contributed by atoms with E-state index in [-0.39, 0.29) is 17.9 Å². The Balaban J connectivity index is 1.87. The molecule has 0 aliphatic rings. The molecule has 0 saturated heterocycles. The zero-order valence-corrected chi connectivity index (χ0v) is 15.3. The summed E-state index contributed by atoms with van der Waals surface area (Å²) in [5.41, 5.74) is 0.804. The minimum absolute atomic E-state index is 0.0494. The zero-order valence-electron chi connectivity index (χ0n) is 13.8. The average molecular weight is 369 g/mol. The van der Waals surface area contributed by atoms with Crippen LogP contribution in [0.25, 0.3) is 0 Å². The van der Waals surface area contributed by atoms with Crippen molar-refractivity contribution in [3.05, 3.63) is 52.5 Å². The van der Waals surface area contributed by atoms with Gasteiger partial charge in [0.25, 0.3) is 0 Å². The molecule has 0 spiro atoms. The second kappa shape index (κ2) is 9.06. The van der Waals surface area contributed by atoms with Crippen LogP contribution in [0.1, 0.15) is 19.4 Å². The van der Waals surface area contributed by atoms with Crippen molar-refractivity contribution in [1.29, 1.82) is 0 Å². The molecule has 2 rings (SSSR count). The van der Waals surface area contributed by atoms with E-state index in [1.807, 2.05) is 36.7 Å². The molecule has 1 amide bonds. The minimum Gasteiger partial charge on any atom is -0.351 e. The Hall–Kier alpha value is -1.56. The third-order valence-corrected chi connectivity index (χ3v) is 4.59. The molecular weight excluding hydrogens is 347 g/mol. The molecule has 0 aliphatic heterocycles. The van der Waals surface area contributed by atoms with Gasteiger partial charge in [-0.25, -0.2) is 4.98 Å². The highest BCUT2D eigenvalue weighted by molar-refractivity contribution is 6.42. The fourth-order valence-corrected chi connectivity index (χ4v) is 2.76. The predicted molar refractivity (Wildman–Crippen MR) is 97.2 cm³/mol. The second-order valence-electron chi connectivity index (χ2n) is 5.91. The lowest BCUT2D eigenvalue weighted by molar-refractivity contribution is -0.124. The molecule has 0 saturated carbocycles. The number of benzene rings is 1. The Morgan fingerprint density at radius 2 is 2.12 bits per heavy atom. The van der Waals surface area contributed by atoms with Gasteiger partial charge in [-0.1, -0.05) is 49.2 Å². The van der Waals surface area contributed by atoms with Crippen LogP contribution in [0.3, 0.4) is 0 Å². The molecule has 1 unspecified atom stereocenters. The molecule has 2 N–H and O–H groups in total. The van der Waals surface area contributed by atoms with Gasteiger partial charge in [0, 0.05) is 32.0 Å². The van der Waals surface area contributed by atoms with E-state index in [1.165, 1.54) is 0 Å². The number of halogens is 2. The van der Waals surface area contributed by atoms with Crippen LogP contribution in [0.15, 0.2) is 36.9 Å². The Kier molecular flexibility index (Phi) is 7.09. The predicted octanol–water partition coefficient (Wildman–Crippen LogP) is 3.12. The number of aromatic nitrogens is 2. The van der Waals surface area contributed by atoms with E-state index in [1.54, 1.807) is 18.6 Å². The lowest BCUT2D eigenvalue weighted by atomic mass is 10.0. The lowest BCUT2D eigenvalue weighted by Gasteiger charge is -2.22. The van der Waals surface area contributed by atoms with Crippen molar-refractivity contribution in [2.24, 2.45) is 5.92 Å². The number of rotatable bonds is 8. The van der Waals surface area contributed by atoms with Crippen LogP contribution in [-0.4, -0.2) is 28.0 Å². The number of nitrogens with one attached hydrogen (secondary N) is 2. The van der Waals surface area contributed by atoms with E-state index < -0.39 is 0 Å². The molecule has 0 aliphatic carbocycles. The fourth-order valence-electron chi connectivity index (χ4n) is 2.38. The Morgan fingerprint density at radius 1 is 1.33 bits per heavy atom. The highest BCUT2D eigenvalue weighted by atomic mass is 35.5. The molecule has 7 heteroatoms. The van der Waals surface area contributed by atoms with Crippen molar-refractivity contribution in [2.45, 2.75) is 33.0 Å². The third-order valence-electron chi connectivity index (χ3n) is 3.73. The number of amides is 1. The Morgan fingerprint density at radius 3 is 2.79 bits per heavy atom. The largest absolute Gasteiger partial charge is 0.351 e. The van der Waals surface area contributed by atoms with E-state index in [2.05, 4.69) is 15.6 Å². The Bertz CT molecular complexity index is 659. The Labute approximate surface area is 152 Å². The molecule has 2 aromatic rings. The van der Waals surface area contributed by atoms with Gasteiger partial charge in [0.15, 0.2) is 0 Å². The van der Waals surface area contributed by atoms with Crippen LogP contribution < -0.4 is 10.6 Å². The highest BCUT2D eigenvalue weighted by Gasteiger charge is 2.21. The zero-order chi connectivity index (χ0) is 17.5. The molecule has 1 aromatic carbocycles. The van der Waals surface area contributed by atoms with Gasteiger partial charge >= 0.3 is 0 Å². The first-order chi connectivity index (χ1) is 11.5. The smallest absolute Gasteiger partial charge is 0.237 e. The molecule has 1 heterocycles. The van der Waals surface area contributed by atoms with Crippen LogP contribution in [0, 0.1) is 5.92 Å². The third kappa shape index (κ3) is 5.23. The molecule has 130 valence electrons. The maximum absolute atomic E-state index is 12.5. The van der Waals surface area contributed by atoms with Gasteiger partial charge in [-0.2, -0.15) is 0 Å². The van der Waals surface area contributed by atoms with Gasteiger partial charge in [-0.15, -0.1) is 0 Å². The van der Waals surface area contributed by atoms with E-state index >= 15 is 0 Å². The van der Waals surface area contributed by atoms with E-state index in [0.29, 0.717) is 23.1 Å². The fraction of sp³-hybridized carbons (Fsp3) is 0.412. The molecule has 24 heavy (non-hydrogen) atoms. The van der Waals surface area contributed by atoms with Gasteiger partial charge in [-0.05, 0) is 17.5 Å². The van der Waals surface area contributed by atoms with Gasteiger partial charge in [0.2, 0.25) is 5.91 Å². The molecule has 0 bridgehead atoms. The number of imidazole rings is 1. The summed E-state index contributed by atoms with van der Waals surface area (Å²) < 4.78 is 1.97. The highest BCUT2D eigenvalue weighted by Crippen LogP contribution is 2.25.